The number of thiophene rings is 1. The number of hydrogen-bond acceptors (Lipinski definition) is 8. The van der Waals surface area contributed by atoms with Crippen LogP contribution >= 0.6 is 11.3 Å². The van der Waals surface area contributed by atoms with Gasteiger partial charge in [0, 0.05) is 37.6 Å². The Morgan fingerprint density at radius 1 is 1.30 bits per heavy atom. The van der Waals surface area contributed by atoms with Crippen molar-refractivity contribution in [2.45, 2.75) is 32.0 Å². The van der Waals surface area contributed by atoms with Crippen LogP contribution in [0.5, 0.6) is 0 Å². The van der Waals surface area contributed by atoms with Crippen molar-refractivity contribution in [3.8, 4) is 0 Å². The molecule has 1 fully saturated rings. The Labute approximate surface area is 175 Å². The molecule has 0 aromatic carbocycles. The summed E-state index contributed by atoms with van der Waals surface area (Å²) >= 11 is 1.52. The minimum absolute atomic E-state index is 0.0766. The number of halogens is 3. The van der Waals surface area contributed by atoms with Gasteiger partial charge in [-0.05, 0) is 12.5 Å². The maximum Gasteiger partial charge on any atom is 0.397 e. The number of aliphatic hydroxyl groups excluding tert-OH is 2. The number of nitrogens with zero attached hydrogens (tertiary/aromatic N) is 4. The van der Waals surface area contributed by atoms with Gasteiger partial charge < -0.3 is 25.3 Å². The van der Waals surface area contributed by atoms with E-state index < -0.39 is 31.2 Å². The van der Waals surface area contributed by atoms with Gasteiger partial charge in [0.2, 0.25) is 11.9 Å². The largest absolute Gasteiger partial charge is 0.397 e. The summed E-state index contributed by atoms with van der Waals surface area (Å²) in [4.78, 5) is 25.9. The molecule has 0 saturated carbocycles. The highest BCUT2D eigenvalue weighted by Gasteiger charge is 2.34. The summed E-state index contributed by atoms with van der Waals surface area (Å²) in [6.07, 6.45) is -6.09. The Balaban J connectivity index is 1.79. The molecule has 0 unspecified atom stereocenters. The number of aryl methyl sites for hydroxylation is 1. The molecule has 0 aliphatic carbocycles. The molecular formula is C18H24F3N5O3S. The number of carbonyl (C=O) groups is 1. The number of carbonyl (C=O) groups excluding carboxylic acids is 1. The predicted molar refractivity (Wildman–Crippen MR) is 108 cm³/mol. The Hall–Kier alpha value is -2.18. The highest BCUT2D eigenvalue weighted by Crippen LogP contribution is 2.33. The molecule has 3 N–H and O–H groups in total. The molecule has 2 aromatic rings. The third-order valence-corrected chi connectivity index (χ3v) is 5.94. The van der Waals surface area contributed by atoms with E-state index in [0.29, 0.717) is 24.9 Å². The smallest absolute Gasteiger partial charge is 0.394 e. The molecule has 1 atom stereocenters. The summed E-state index contributed by atoms with van der Waals surface area (Å²) in [6.45, 7) is 2.77. The van der Waals surface area contributed by atoms with Crippen LogP contribution in [0.4, 0.5) is 24.9 Å². The number of fused-ring (bicyclic) bond motifs is 1. The van der Waals surface area contributed by atoms with Crippen molar-refractivity contribution in [3.05, 3.63) is 10.9 Å². The number of hydrogen-bond donors (Lipinski definition) is 3. The zero-order valence-electron chi connectivity index (χ0n) is 16.4. The molecule has 2 aromatic heterocycles. The Morgan fingerprint density at radius 3 is 2.60 bits per heavy atom. The minimum atomic E-state index is -4.51. The number of anilines is 2. The van der Waals surface area contributed by atoms with Gasteiger partial charge in [0.05, 0.1) is 18.1 Å². The number of nitrogens with one attached hydrogen (secondary N) is 1. The summed E-state index contributed by atoms with van der Waals surface area (Å²) in [6, 6.07) is 2.00. The first kappa shape index (κ1) is 22.5. The van der Waals surface area contributed by atoms with Crippen LogP contribution in [0.2, 0.25) is 0 Å². The Morgan fingerprint density at radius 2 is 2.00 bits per heavy atom. The third-order valence-electron chi connectivity index (χ3n) is 4.76. The monoisotopic (exact) mass is 447 g/mol. The molecule has 1 amide bonds. The van der Waals surface area contributed by atoms with Crippen LogP contribution in [0.25, 0.3) is 10.2 Å². The molecular weight excluding hydrogens is 423 g/mol. The second-order valence-electron chi connectivity index (χ2n) is 7.03. The van der Waals surface area contributed by atoms with Crippen molar-refractivity contribution in [2.24, 2.45) is 0 Å². The van der Waals surface area contributed by atoms with Crippen LogP contribution in [0.3, 0.4) is 0 Å². The minimum Gasteiger partial charge on any atom is -0.394 e. The van der Waals surface area contributed by atoms with E-state index in [2.05, 4.69) is 15.3 Å². The number of aliphatic hydroxyl groups is 2. The van der Waals surface area contributed by atoms with Crippen molar-refractivity contribution in [3.63, 3.8) is 0 Å². The van der Waals surface area contributed by atoms with Gasteiger partial charge in [-0.25, -0.2) is 4.98 Å². The van der Waals surface area contributed by atoms with Gasteiger partial charge in [0.15, 0.2) is 0 Å². The number of amides is 1. The van der Waals surface area contributed by atoms with E-state index in [-0.39, 0.29) is 19.6 Å². The predicted octanol–water partition coefficient (Wildman–Crippen LogP) is 1.62. The first-order valence-corrected chi connectivity index (χ1v) is 10.4. The summed E-state index contributed by atoms with van der Waals surface area (Å²) in [5.41, 5.74) is 0. The highest BCUT2D eigenvalue weighted by atomic mass is 32.1. The second-order valence-corrected chi connectivity index (χ2v) is 8.15. The molecule has 3 heterocycles. The number of alkyl halides is 3. The third kappa shape index (κ3) is 5.49. The summed E-state index contributed by atoms with van der Waals surface area (Å²) in [5.74, 6) is 0.0177. The summed E-state index contributed by atoms with van der Waals surface area (Å²) in [5, 5.41) is 22.3. The van der Waals surface area contributed by atoms with Gasteiger partial charge in [0.1, 0.15) is 17.1 Å². The lowest BCUT2D eigenvalue weighted by Gasteiger charge is -2.36. The molecule has 0 bridgehead atoms. The van der Waals surface area contributed by atoms with Crippen LogP contribution in [0.1, 0.15) is 18.2 Å². The quantitative estimate of drug-likeness (QED) is 0.593. The van der Waals surface area contributed by atoms with Gasteiger partial charge in [-0.1, -0.05) is 6.92 Å². The van der Waals surface area contributed by atoms with E-state index >= 15 is 0 Å². The van der Waals surface area contributed by atoms with E-state index in [1.165, 1.54) is 16.2 Å². The maximum absolute atomic E-state index is 12.5. The zero-order valence-corrected chi connectivity index (χ0v) is 17.3. The molecule has 0 radical (unpaired) electrons. The van der Waals surface area contributed by atoms with Crippen molar-refractivity contribution >= 4 is 39.2 Å². The summed E-state index contributed by atoms with van der Waals surface area (Å²) < 4.78 is 37.5. The van der Waals surface area contributed by atoms with E-state index in [9.17, 15) is 23.1 Å². The molecule has 8 nitrogen and oxygen atoms in total. The molecule has 1 aliphatic rings. The zero-order chi connectivity index (χ0) is 21.9. The van der Waals surface area contributed by atoms with Gasteiger partial charge >= 0.3 is 6.18 Å². The van der Waals surface area contributed by atoms with E-state index in [1.54, 1.807) is 0 Å². The lowest BCUT2D eigenvalue weighted by Crippen LogP contribution is -2.49. The van der Waals surface area contributed by atoms with E-state index in [4.69, 9.17) is 5.11 Å². The van der Waals surface area contributed by atoms with Crippen LogP contribution < -0.4 is 10.2 Å². The lowest BCUT2D eigenvalue weighted by atomic mass is 10.2. The highest BCUT2D eigenvalue weighted by molar-refractivity contribution is 7.18. The number of aromatic nitrogens is 2. The average molecular weight is 447 g/mol. The van der Waals surface area contributed by atoms with E-state index in [1.807, 2.05) is 17.9 Å². The van der Waals surface area contributed by atoms with Crippen LogP contribution in [0.15, 0.2) is 6.07 Å². The van der Waals surface area contributed by atoms with Crippen molar-refractivity contribution in [1.82, 2.24) is 14.9 Å². The lowest BCUT2D eigenvalue weighted by molar-refractivity contribution is -0.161. The van der Waals surface area contributed by atoms with Crippen molar-refractivity contribution in [1.29, 1.82) is 0 Å². The van der Waals surface area contributed by atoms with Gasteiger partial charge in [-0.2, -0.15) is 18.2 Å². The molecule has 0 spiro atoms. The van der Waals surface area contributed by atoms with Crippen molar-refractivity contribution < 1.29 is 28.2 Å². The molecule has 166 valence electrons. The van der Waals surface area contributed by atoms with Gasteiger partial charge in [0.25, 0.3) is 0 Å². The first-order valence-electron chi connectivity index (χ1n) is 9.63. The number of piperazine rings is 1. The van der Waals surface area contributed by atoms with Gasteiger partial charge in [-0.15, -0.1) is 11.3 Å². The van der Waals surface area contributed by atoms with Gasteiger partial charge in [-0.3, -0.25) is 4.79 Å². The second kappa shape index (κ2) is 9.31. The fraction of sp³-hybridized carbons (Fsp3) is 0.611. The molecule has 12 heteroatoms. The fourth-order valence-corrected chi connectivity index (χ4v) is 4.14. The maximum atomic E-state index is 12.5. The SMILES string of the molecule is CCc1cc2c(N3CCN(C(=O)CC(F)(F)F)CC3)nc(NC[C@@H](O)CO)nc2s1. The fourth-order valence-electron chi connectivity index (χ4n) is 3.18. The topological polar surface area (TPSA) is 102 Å². The number of rotatable bonds is 7. The van der Waals surface area contributed by atoms with Crippen LogP contribution in [0, 0.1) is 0 Å². The van der Waals surface area contributed by atoms with Crippen molar-refractivity contribution in [2.75, 3.05) is 49.5 Å². The molecule has 3 rings (SSSR count). The van der Waals surface area contributed by atoms with E-state index in [0.717, 1.165) is 21.5 Å². The summed E-state index contributed by atoms with van der Waals surface area (Å²) in [7, 11) is 0. The Kier molecular flexibility index (Phi) is 6.98. The van der Waals surface area contributed by atoms with Crippen LogP contribution in [-0.2, 0) is 11.2 Å². The normalized spacial score (nSPS) is 16.2. The molecule has 30 heavy (non-hydrogen) atoms. The standard InChI is InChI=1S/C18H24F3N5O3S/c1-2-12-7-13-15(23-17(24-16(13)30-12)22-9-11(28)10-27)26-5-3-25(4-6-26)14(29)8-18(19,20)21/h7,11,27-28H,2-6,8-10H2,1H3,(H,22,23,24)/t11-/m1/s1. The van der Waals surface area contributed by atoms with Crippen LogP contribution in [-0.4, -0.2) is 82.6 Å². The Bertz CT molecular complexity index is 884. The average Bonchev–Trinajstić information content (AvgIpc) is 3.13. The molecule has 1 saturated heterocycles. The molecule has 1 aliphatic heterocycles. The first-order chi connectivity index (χ1) is 14.2.